The molecule has 0 bridgehead atoms. The Morgan fingerprint density at radius 2 is 1.86 bits per heavy atom. The number of nitrogens with one attached hydrogen (secondary N) is 2. The van der Waals surface area contributed by atoms with Gasteiger partial charge < -0.3 is 20.8 Å². The average Bonchev–Trinajstić information content (AvgIpc) is 2.47. The Kier molecular flexibility index (Phi) is 3.66. The molecular weight excluding hydrogens is 296 g/mol. The van der Waals surface area contributed by atoms with Crippen LogP contribution in [0, 0.1) is 0 Å². The van der Waals surface area contributed by atoms with Gasteiger partial charge in [-0.2, -0.15) is 0 Å². The van der Waals surface area contributed by atoms with E-state index in [-0.39, 0.29) is 17.5 Å². The average molecular weight is 314 g/mol. The molecule has 1 saturated heterocycles. The lowest BCUT2D eigenvalue weighted by atomic mass is 9.81. The van der Waals surface area contributed by atoms with E-state index in [2.05, 4.69) is 22.8 Å². The SMILES string of the molecule is CC1(c2ccc(O)cc2O)CC(c2ccccc2)NC(=S)N1. The molecule has 0 amide bonds. The highest BCUT2D eigenvalue weighted by Gasteiger charge is 2.37. The second-order valence-electron chi connectivity index (χ2n) is 5.80. The lowest BCUT2D eigenvalue weighted by molar-refractivity contribution is 0.306. The highest BCUT2D eigenvalue weighted by molar-refractivity contribution is 7.80. The van der Waals surface area contributed by atoms with Gasteiger partial charge in [-0.25, -0.2) is 0 Å². The number of phenols is 2. The van der Waals surface area contributed by atoms with Gasteiger partial charge in [-0.15, -0.1) is 0 Å². The smallest absolute Gasteiger partial charge is 0.167 e. The molecule has 2 unspecified atom stereocenters. The van der Waals surface area contributed by atoms with Crippen LogP contribution in [0.2, 0.25) is 0 Å². The molecule has 2 aromatic carbocycles. The molecule has 0 aromatic heterocycles. The van der Waals surface area contributed by atoms with Crippen molar-refractivity contribution in [3.63, 3.8) is 0 Å². The van der Waals surface area contributed by atoms with Gasteiger partial charge in [0, 0.05) is 11.6 Å². The normalized spacial score (nSPS) is 24.4. The molecule has 2 atom stereocenters. The molecule has 3 rings (SSSR count). The van der Waals surface area contributed by atoms with Crippen molar-refractivity contribution in [1.82, 2.24) is 10.6 Å². The molecule has 4 nitrogen and oxygen atoms in total. The van der Waals surface area contributed by atoms with Crippen LogP contribution in [0.15, 0.2) is 48.5 Å². The minimum Gasteiger partial charge on any atom is -0.508 e. The second-order valence-corrected chi connectivity index (χ2v) is 6.21. The van der Waals surface area contributed by atoms with Gasteiger partial charge in [0.25, 0.3) is 0 Å². The predicted octanol–water partition coefficient (Wildman–Crippen LogP) is 2.92. The Morgan fingerprint density at radius 3 is 2.55 bits per heavy atom. The lowest BCUT2D eigenvalue weighted by Gasteiger charge is -2.42. The summed E-state index contributed by atoms with van der Waals surface area (Å²) in [6, 6.07) is 14.8. The Bertz CT molecular complexity index is 705. The van der Waals surface area contributed by atoms with E-state index in [1.54, 1.807) is 12.1 Å². The fourth-order valence-corrected chi connectivity index (χ4v) is 3.37. The van der Waals surface area contributed by atoms with Crippen molar-refractivity contribution in [1.29, 1.82) is 0 Å². The van der Waals surface area contributed by atoms with Crippen molar-refractivity contribution < 1.29 is 10.2 Å². The zero-order valence-corrected chi connectivity index (χ0v) is 13.0. The van der Waals surface area contributed by atoms with Crippen LogP contribution in [-0.4, -0.2) is 15.3 Å². The number of hydrogen-bond donors (Lipinski definition) is 4. The molecular formula is C17H18N2O2S. The molecule has 5 heteroatoms. The summed E-state index contributed by atoms with van der Waals surface area (Å²) >= 11 is 5.35. The highest BCUT2D eigenvalue weighted by Crippen LogP contribution is 2.39. The summed E-state index contributed by atoms with van der Waals surface area (Å²) in [4.78, 5) is 0. The first-order valence-electron chi connectivity index (χ1n) is 7.14. The molecule has 114 valence electrons. The first-order valence-corrected chi connectivity index (χ1v) is 7.55. The van der Waals surface area contributed by atoms with Gasteiger partial charge in [0.2, 0.25) is 0 Å². The third-order valence-electron chi connectivity index (χ3n) is 4.08. The Hall–Kier alpha value is -2.27. The number of thiocarbonyl (C=S) groups is 1. The topological polar surface area (TPSA) is 64.5 Å². The zero-order chi connectivity index (χ0) is 15.7. The Balaban J connectivity index is 1.97. The van der Waals surface area contributed by atoms with E-state index in [0.29, 0.717) is 5.11 Å². The van der Waals surface area contributed by atoms with Gasteiger partial charge in [0.15, 0.2) is 5.11 Å². The van der Waals surface area contributed by atoms with Crippen LogP contribution >= 0.6 is 12.2 Å². The van der Waals surface area contributed by atoms with E-state index < -0.39 is 5.54 Å². The van der Waals surface area contributed by atoms with Gasteiger partial charge in [-0.05, 0) is 43.3 Å². The van der Waals surface area contributed by atoms with E-state index in [4.69, 9.17) is 12.2 Å². The number of aromatic hydroxyl groups is 2. The maximum absolute atomic E-state index is 10.2. The van der Waals surface area contributed by atoms with Crippen molar-refractivity contribution in [2.24, 2.45) is 0 Å². The number of hydrogen-bond acceptors (Lipinski definition) is 3. The minimum atomic E-state index is -0.513. The largest absolute Gasteiger partial charge is 0.508 e. The van der Waals surface area contributed by atoms with Crippen LogP contribution in [0.5, 0.6) is 11.5 Å². The van der Waals surface area contributed by atoms with Gasteiger partial charge >= 0.3 is 0 Å². The summed E-state index contributed by atoms with van der Waals surface area (Å²) in [6.45, 7) is 2.00. The molecule has 0 radical (unpaired) electrons. The summed E-state index contributed by atoms with van der Waals surface area (Å²) in [5.74, 6) is 0.104. The summed E-state index contributed by atoms with van der Waals surface area (Å²) in [6.07, 6.45) is 0.718. The summed E-state index contributed by atoms with van der Waals surface area (Å²) in [5.41, 5.74) is 1.35. The van der Waals surface area contributed by atoms with Crippen molar-refractivity contribution in [2.75, 3.05) is 0 Å². The van der Waals surface area contributed by atoms with Gasteiger partial charge in [0.05, 0.1) is 11.6 Å². The number of rotatable bonds is 2. The van der Waals surface area contributed by atoms with Crippen LogP contribution < -0.4 is 10.6 Å². The van der Waals surface area contributed by atoms with Crippen LogP contribution in [0.1, 0.15) is 30.5 Å². The molecule has 0 aliphatic carbocycles. The summed E-state index contributed by atoms with van der Waals surface area (Å²) in [7, 11) is 0. The van der Waals surface area contributed by atoms with Crippen molar-refractivity contribution in [2.45, 2.75) is 24.9 Å². The van der Waals surface area contributed by atoms with E-state index >= 15 is 0 Å². The molecule has 0 spiro atoms. The maximum Gasteiger partial charge on any atom is 0.167 e. The van der Waals surface area contributed by atoms with E-state index in [0.717, 1.165) is 17.5 Å². The van der Waals surface area contributed by atoms with Crippen LogP contribution in [0.25, 0.3) is 0 Å². The fraction of sp³-hybridized carbons (Fsp3) is 0.235. The number of phenolic OH excluding ortho intramolecular Hbond substituents is 2. The second kappa shape index (κ2) is 5.50. The number of benzene rings is 2. The van der Waals surface area contributed by atoms with E-state index in [1.165, 1.54) is 6.07 Å². The fourth-order valence-electron chi connectivity index (χ4n) is 3.01. The summed E-state index contributed by atoms with van der Waals surface area (Å²) < 4.78 is 0. The van der Waals surface area contributed by atoms with Gasteiger partial charge in [-0.1, -0.05) is 30.3 Å². The van der Waals surface area contributed by atoms with Gasteiger partial charge in [0.1, 0.15) is 11.5 Å². The highest BCUT2D eigenvalue weighted by atomic mass is 32.1. The van der Waals surface area contributed by atoms with Crippen LogP contribution in [0.3, 0.4) is 0 Å². The minimum absolute atomic E-state index is 0.0426. The van der Waals surface area contributed by atoms with Crippen molar-refractivity contribution in [3.8, 4) is 11.5 Å². The Morgan fingerprint density at radius 1 is 1.14 bits per heavy atom. The molecule has 1 aliphatic heterocycles. The van der Waals surface area contributed by atoms with E-state index in [1.807, 2.05) is 25.1 Å². The van der Waals surface area contributed by atoms with Crippen molar-refractivity contribution >= 4 is 17.3 Å². The monoisotopic (exact) mass is 314 g/mol. The molecule has 2 aromatic rings. The lowest BCUT2D eigenvalue weighted by Crippen LogP contribution is -2.55. The molecule has 1 fully saturated rings. The van der Waals surface area contributed by atoms with Crippen molar-refractivity contribution in [3.05, 3.63) is 59.7 Å². The Labute approximate surface area is 134 Å². The quantitative estimate of drug-likeness (QED) is 0.642. The van der Waals surface area contributed by atoms with E-state index in [9.17, 15) is 10.2 Å². The first-order chi connectivity index (χ1) is 10.5. The molecule has 1 aliphatic rings. The zero-order valence-electron chi connectivity index (χ0n) is 12.2. The molecule has 1 heterocycles. The standard InChI is InChI=1S/C17H18N2O2S/c1-17(13-8-7-12(20)9-15(13)21)10-14(18-16(22)19-17)11-5-3-2-4-6-11/h2-9,14,20-21H,10H2,1H3,(H2,18,19,22). The van der Waals surface area contributed by atoms with Gasteiger partial charge in [-0.3, -0.25) is 0 Å². The molecule has 0 saturated carbocycles. The maximum atomic E-state index is 10.2. The van der Waals surface area contributed by atoms with Crippen LogP contribution in [0.4, 0.5) is 0 Å². The third-order valence-corrected chi connectivity index (χ3v) is 4.30. The van der Waals surface area contributed by atoms with Crippen LogP contribution in [-0.2, 0) is 5.54 Å². The summed E-state index contributed by atoms with van der Waals surface area (Å²) in [5, 5.41) is 26.7. The third kappa shape index (κ3) is 2.72. The first kappa shape index (κ1) is 14.7. The predicted molar refractivity (Wildman–Crippen MR) is 89.8 cm³/mol. The molecule has 4 N–H and O–H groups in total. The molecule has 22 heavy (non-hydrogen) atoms.